The van der Waals surface area contributed by atoms with E-state index < -0.39 is 0 Å². The quantitative estimate of drug-likeness (QED) is 0.600. The molecule has 1 rings (SSSR count). The van der Waals surface area contributed by atoms with E-state index in [9.17, 15) is 0 Å². The van der Waals surface area contributed by atoms with E-state index in [0.717, 1.165) is 12.8 Å². The number of nitrogens with one attached hydrogen (secondary N) is 1. The van der Waals surface area contributed by atoms with E-state index in [4.69, 9.17) is 5.73 Å². The zero-order valence-corrected chi connectivity index (χ0v) is 10.3. The van der Waals surface area contributed by atoms with Crippen molar-refractivity contribution in [3.8, 4) is 0 Å². The first kappa shape index (κ1) is 12.6. The minimum Gasteiger partial charge on any atom is -0.370 e. The molecule has 1 aromatic rings. The van der Waals surface area contributed by atoms with Crippen molar-refractivity contribution >= 4 is 5.96 Å². The second-order valence-electron chi connectivity index (χ2n) is 4.60. The monoisotopic (exact) mass is 219 g/mol. The van der Waals surface area contributed by atoms with Gasteiger partial charge in [0.1, 0.15) is 0 Å². The van der Waals surface area contributed by atoms with Crippen LogP contribution in [0.15, 0.2) is 35.3 Å². The van der Waals surface area contributed by atoms with Crippen LogP contribution in [0.4, 0.5) is 0 Å². The Balaban J connectivity index is 2.48. The molecule has 0 atom stereocenters. The van der Waals surface area contributed by atoms with Crippen molar-refractivity contribution < 1.29 is 0 Å². The van der Waals surface area contributed by atoms with Crippen LogP contribution >= 0.6 is 0 Å². The lowest BCUT2D eigenvalue weighted by molar-refractivity contribution is 0.424. The molecule has 3 nitrogen and oxygen atoms in total. The number of hydrogen-bond donors (Lipinski definition) is 2. The van der Waals surface area contributed by atoms with Gasteiger partial charge in [-0.15, -0.1) is 0 Å². The molecule has 0 aliphatic rings. The van der Waals surface area contributed by atoms with Crippen LogP contribution in [-0.4, -0.2) is 18.5 Å². The number of rotatable bonds is 4. The molecule has 0 heterocycles. The van der Waals surface area contributed by atoms with E-state index in [1.807, 2.05) is 6.07 Å². The summed E-state index contributed by atoms with van der Waals surface area (Å²) in [5.74, 6) is 0.498. The average Bonchev–Trinajstić information content (AvgIpc) is 2.27. The Morgan fingerprint density at radius 3 is 2.50 bits per heavy atom. The number of nitrogens with zero attached hydrogens (tertiary/aromatic N) is 1. The van der Waals surface area contributed by atoms with Crippen molar-refractivity contribution in [3.05, 3.63) is 35.9 Å². The lowest BCUT2D eigenvalue weighted by Gasteiger charge is -2.26. The van der Waals surface area contributed by atoms with E-state index in [-0.39, 0.29) is 5.54 Å². The predicted molar refractivity (Wildman–Crippen MR) is 69.5 cm³/mol. The fourth-order valence-corrected chi connectivity index (χ4v) is 1.57. The Bertz CT molecular complexity index is 341. The van der Waals surface area contributed by atoms with E-state index in [2.05, 4.69) is 48.4 Å². The highest BCUT2D eigenvalue weighted by molar-refractivity contribution is 5.78. The fourth-order valence-electron chi connectivity index (χ4n) is 1.57. The third-order valence-corrected chi connectivity index (χ3v) is 2.59. The average molecular weight is 219 g/mol. The first-order chi connectivity index (χ1) is 7.53. The predicted octanol–water partition coefficient (Wildman–Crippen LogP) is 1.93. The lowest BCUT2D eigenvalue weighted by Crippen LogP contribution is -2.47. The van der Waals surface area contributed by atoms with Gasteiger partial charge in [-0.25, -0.2) is 0 Å². The molecule has 88 valence electrons. The zero-order chi connectivity index (χ0) is 12.0. The molecule has 0 aliphatic carbocycles. The summed E-state index contributed by atoms with van der Waals surface area (Å²) in [7, 11) is 1.69. The summed E-state index contributed by atoms with van der Waals surface area (Å²) in [5.41, 5.74) is 6.99. The van der Waals surface area contributed by atoms with Gasteiger partial charge in [0.05, 0.1) is 0 Å². The van der Waals surface area contributed by atoms with Crippen LogP contribution in [0.2, 0.25) is 0 Å². The van der Waals surface area contributed by atoms with Gasteiger partial charge in [0.2, 0.25) is 0 Å². The third-order valence-electron chi connectivity index (χ3n) is 2.59. The van der Waals surface area contributed by atoms with Crippen molar-refractivity contribution in [2.24, 2.45) is 10.7 Å². The maximum Gasteiger partial charge on any atom is 0.188 e. The first-order valence-corrected chi connectivity index (χ1v) is 5.58. The Hall–Kier alpha value is -1.51. The second kappa shape index (κ2) is 5.54. The Morgan fingerprint density at radius 2 is 1.94 bits per heavy atom. The van der Waals surface area contributed by atoms with Crippen LogP contribution in [0, 0.1) is 0 Å². The van der Waals surface area contributed by atoms with Gasteiger partial charge in [-0.3, -0.25) is 4.99 Å². The summed E-state index contributed by atoms with van der Waals surface area (Å²) in [6.45, 7) is 4.27. The van der Waals surface area contributed by atoms with Crippen molar-refractivity contribution in [3.63, 3.8) is 0 Å². The van der Waals surface area contributed by atoms with Crippen LogP contribution in [-0.2, 0) is 6.42 Å². The number of benzene rings is 1. The van der Waals surface area contributed by atoms with E-state index in [1.54, 1.807) is 7.05 Å². The van der Waals surface area contributed by atoms with Gasteiger partial charge < -0.3 is 11.1 Å². The molecule has 0 saturated heterocycles. The Morgan fingerprint density at radius 1 is 1.31 bits per heavy atom. The number of aliphatic imine (C=N–C) groups is 1. The summed E-state index contributed by atoms with van der Waals surface area (Å²) in [6.07, 6.45) is 2.06. The standard InChI is InChI=1S/C13H21N3/c1-13(2,16-12(14)15-3)10-9-11-7-5-4-6-8-11/h4-8H,9-10H2,1-3H3,(H3,14,15,16). The summed E-state index contributed by atoms with van der Waals surface area (Å²) in [5, 5.41) is 3.20. The highest BCUT2D eigenvalue weighted by Gasteiger charge is 2.17. The molecule has 0 radical (unpaired) electrons. The lowest BCUT2D eigenvalue weighted by atomic mass is 9.95. The number of hydrogen-bond acceptors (Lipinski definition) is 1. The number of aryl methyl sites for hydroxylation is 1. The molecular formula is C13H21N3. The molecule has 3 N–H and O–H groups in total. The normalized spacial score (nSPS) is 12.6. The maximum absolute atomic E-state index is 5.67. The molecule has 0 saturated carbocycles. The van der Waals surface area contributed by atoms with Gasteiger partial charge in [0, 0.05) is 12.6 Å². The molecule has 0 aliphatic heterocycles. The van der Waals surface area contributed by atoms with E-state index in [1.165, 1.54) is 5.56 Å². The Kier molecular flexibility index (Phi) is 4.35. The van der Waals surface area contributed by atoms with Crippen LogP contribution in [0.1, 0.15) is 25.8 Å². The molecule has 0 amide bonds. The van der Waals surface area contributed by atoms with Crippen molar-refractivity contribution in [1.82, 2.24) is 5.32 Å². The third kappa shape index (κ3) is 4.34. The van der Waals surface area contributed by atoms with Crippen LogP contribution in [0.25, 0.3) is 0 Å². The van der Waals surface area contributed by atoms with Crippen LogP contribution < -0.4 is 11.1 Å². The maximum atomic E-state index is 5.67. The molecule has 1 aromatic carbocycles. The zero-order valence-electron chi connectivity index (χ0n) is 10.3. The van der Waals surface area contributed by atoms with Crippen LogP contribution in [0.5, 0.6) is 0 Å². The largest absolute Gasteiger partial charge is 0.370 e. The van der Waals surface area contributed by atoms with Crippen LogP contribution in [0.3, 0.4) is 0 Å². The summed E-state index contributed by atoms with van der Waals surface area (Å²) >= 11 is 0. The number of guanidine groups is 1. The molecule has 0 bridgehead atoms. The minimum atomic E-state index is -0.0283. The first-order valence-electron chi connectivity index (χ1n) is 5.58. The highest BCUT2D eigenvalue weighted by Crippen LogP contribution is 2.13. The van der Waals surface area contributed by atoms with Gasteiger partial charge >= 0.3 is 0 Å². The second-order valence-corrected chi connectivity index (χ2v) is 4.60. The smallest absolute Gasteiger partial charge is 0.188 e. The highest BCUT2D eigenvalue weighted by atomic mass is 15.1. The topological polar surface area (TPSA) is 50.4 Å². The van der Waals surface area contributed by atoms with Gasteiger partial charge in [-0.2, -0.15) is 0 Å². The molecule has 0 spiro atoms. The van der Waals surface area contributed by atoms with Crippen molar-refractivity contribution in [1.29, 1.82) is 0 Å². The van der Waals surface area contributed by atoms with Crippen molar-refractivity contribution in [2.45, 2.75) is 32.2 Å². The molecule has 0 fully saturated rings. The molecular weight excluding hydrogens is 198 g/mol. The molecule has 16 heavy (non-hydrogen) atoms. The van der Waals surface area contributed by atoms with Gasteiger partial charge in [0.15, 0.2) is 5.96 Å². The van der Waals surface area contributed by atoms with Gasteiger partial charge in [0.25, 0.3) is 0 Å². The summed E-state index contributed by atoms with van der Waals surface area (Å²) in [6, 6.07) is 10.5. The van der Waals surface area contributed by atoms with E-state index in [0.29, 0.717) is 5.96 Å². The SMILES string of the molecule is CN=C(N)NC(C)(C)CCc1ccccc1. The minimum absolute atomic E-state index is 0.0283. The van der Waals surface area contributed by atoms with E-state index >= 15 is 0 Å². The molecule has 0 aromatic heterocycles. The summed E-state index contributed by atoms with van der Waals surface area (Å²) < 4.78 is 0. The number of nitrogens with two attached hydrogens (primary N) is 1. The van der Waals surface area contributed by atoms with Crippen molar-refractivity contribution in [2.75, 3.05) is 7.05 Å². The molecule has 0 unspecified atom stereocenters. The van der Waals surface area contributed by atoms with Gasteiger partial charge in [-0.1, -0.05) is 30.3 Å². The molecule has 3 heteroatoms. The fraction of sp³-hybridized carbons (Fsp3) is 0.462. The summed E-state index contributed by atoms with van der Waals surface area (Å²) in [4.78, 5) is 3.91. The van der Waals surface area contributed by atoms with Gasteiger partial charge in [-0.05, 0) is 32.3 Å². The Labute approximate surface area is 97.8 Å².